The summed E-state index contributed by atoms with van der Waals surface area (Å²) in [5.74, 6) is 0. The molecule has 0 atom stereocenters. The number of hydrogen-bond donors (Lipinski definition) is 0. The van der Waals surface area contributed by atoms with Crippen molar-refractivity contribution in [2.45, 2.75) is 19.4 Å². The third kappa shape index (κ3) is 1.16. The molecule has 1 aliphatic heterocycles. The summed E-state index contributed by atoms with van der Waals surface area (Å²) in [4.78, 5) is 12.7. The van der Waals surface area contributed by atoms with Crippen LogP contribution in [0.2, 0.25) is 0 Å². The summed E-state index contributed by atoms with van der Waals surface area (Å²) in [5, 5.41) is 0.00694. The zero-order chi connectivity index (χ0) is 7.78. The lowest BCUT2D eigenvalue weighted by atomic mass is 10.1. The van der Waals surface area contributed by atoms with Gasteiger partial charge in [0.2, 0.25) is 0 Å². The molecule has 0 radical (unpaired) electrons. The number of amides is 1. The maximum atomic E-state index is 11.0. The molecule has 0 aromatic heterocycles. The minimum Gasteiger partial charge on any atom is -0.325 e. The zero-order valence-corrected chi connectivity index (χ0v) is 7.10. The van der Waals surface area contributed by atoms with E-state index in [2.05, 4.69) is 4.40 Å². The van der Waals surface area contributed by atoms with Gasteiger partial charge in [-0.05, 0) is 13.8 Å². The van der Waals surface area contributed by atoms with Crippen molar-refractivity contribution in [3.8, 4) is 0 Å². The Morgan fingerprint density at radius 2 is 2.30 bits per heavy atom. The minimum atomic E-state index is -0.220. The molecule has 0 saturated heterocycles. The van der Waals surface area contributed by atoms with E-state index in [1.54, 1.807) is 18.2 Å². The SMILES string of the molecule is CN1C(=O)SN=CC1(C)C. The molecular formula is C6H10N2OS. The van der Waals surface area contributed by atoms with Crippen LogP contribution in [0.4, 0.5) is 4.79 Å². The van der Waals surface area contributed by atoms with Crippen molar-refractivity contribution in [2.75, 3.05) is 7.05 Å². The van der Waals surface area contributed by atoms with Gasteiger partial charge in [0.15, 0.2) is 0 Å². The molecule has 0 unspecified atom stereocenters. The van der Waals surface area contributed by atoms with Gasteiger partial charge in [0.25, 0.3) is 0 Å². The summed E-state index contributed by atoms with van der Waals surface area (Å²) in [5.41, 5.74) is -0.220. The maximum Gasteiger partial charge on any atom is 0.304 e. The molecule has 1 aliphatic rings. The number of rotatable bonds is 0. The molecule has 1 amide bonds. The van der Waals surface area contributed by atoms with Crippen molar-refractivity contribution < 1.29 is 4.79 Å². The number of nitrogens with zero attached hydrogens (tertiary/aromatic N) is 2. The summed E-state index contributed by atoms with van der Waals surface area (Å²) in [6, 6.07) is 0. The second kappa shape index (κ2) is 2.27. The smallest absolute Gasteiger partial charge is 0.304 e. The Labute approximate surface area is 64.6 Å². The second-order valence-electron chi connectivity index (χ2n) is 2.80. The Hall–Kier alpha value is -0.510. The molecule has 0 spiro atoms. The molecule has 10 heavy (non-hydrogen) atoms. The lowest BCUT2D eigenvalue weighted by Gasteiger charge is -2.33. The molecule has 0 aromatic rings. The predicted octanol–water partition coefficient (Wildman–Crippen LogP) is 1.55. The van der Waals surface area contributed by atoms with Gasteiger partial charge < -0.3 is 4.90 Å². The number of hydrogen-bond acceptors (Lipinski definition) is 3. The highest BCUT2D eigenvalue weighted by atomic mass is 32.2. The molecule has 0 aliphatic carbocycles. The van der Waals surface area contributed by atoms with Gasteiger partial charge in [-0.15, -0.1) is 0 Å². The molecule has 56 valence electrons. The largest absolute Gasteiger partial charge is 0.325 e. The monoisotopic (exact) mass is 158 g/mol. The van der Waals surface area contributed by atoms with E-state index in [-0.39, 0.29) is 10.8 Å². The molecule has 0 fully saturated rings. The van der Waals surface area contributed by atoms with E-state index in [4.69, 9.17) is 0 Å². The number of carbonyl (C=O) groups excluding carboxylic acids is 1. The van der Waals surface area contributed by atoms with Crippen LogP contribution in [-0.2, 0) is 0 Å². The van der Waals surface area contributed by atoms with Gasteiger partial charge >= 0.3 is 5.24 Å². The van der Waals surface area contributed by atoms with Crippen molar-refractivity contribution in [1.82, 2.24) is 4.90 Å². The Morgan fingerprint density at radius 1 is 1.70 bits per heavy atom. The Balaban J connectivity index is 2.87. The average Bonchev–Trinajstić information content (AvgIpc) is 1.83. The first-order chi connectivity index (χ1) is 4.54. The van der Waals surface area contributed by atoms with E-state index in [9.17, 15) is 4.79 Å². The summed E-state index contributed by atoms with van der Waals surface area (Å²) < 4.78 is 3.86. The molecule has 1 heterocycles. The van der Waals surface area contributed by atoms with Crippen LogP contribution in [0.25, 0.3) is 0 Å². The standard InChI is InChI=1S/C6H10N2OS/c1-6(2)4-7-10-5(9)8(6)3/h4H,1-3H3. The van der Waals surface area contributed by atoms with Gasteiger partial charge in [0.1, 0.15) is 0 Å². The van der Waals surface area contributed by atoms with Crippen LogP contribution in [0.15, 0.2) is 4.40 Å². The van der Waals surface area contributed by atoms with Gasteiger partial charge in [0, 0.05) is 13.3 Å². The van der Waals surface area contributed by atoms with E-state index in [0.29, 0.717) is 0 Å². The van der Waals surface area contributed by atoms with Gasteiger partial charge in [-0.25, -0.2) is 4.40 Å². The average molecular weight is 158 g/mol. The third-order valence-electron chi connectivity index (χ3n) is 1.64. The minimum absolute atomic E-state index is 0.00694. The van der Waals surface area contributed by atoms with E-state index < -0.39 is 0 Å². The molecule has 3 nitrogen and oxygen atoms in total. The Kier molecular flexibility index (Phi) is 1.72. The third-order valence-corrected chi connectivity index (χ3v) is 2.28. The highest BCUT2D eigenvalue weighted by Crippen LogP contribution is 2.22. The van der Waals surface area contributed by atoms with Crippen LogP contribution < -0.4 is 0 Å². The van der Waals surface area contributed by atoms with E-state index in [0.717, 1.165) is 11.9 Å². The second-order valence-corrected chi connectivity index (χ2v) is 3.55. The van der Waals surface area contributed by atoms with Crippen LogP contribution in [0.5, 0.6) is 0 Å². The fourth-order valence-electron chi connectivity index (χ4n) is 0.584. The highest BCUT2D eigenvalue weighted by Gasteiger charge is 2.29. The molecule has 0 aromatic carbocycles. The first-order valence-electron chi connectivity index (χ1n) is 3.03. The van der Waals surface area contributed by atoms with Crippen LogP contribution in [0, 0.1) is 0 Å². The molecule has 4 heteroatoms. The zero-order valence-electron chi connectivity index (χ0n) is 6.29. The van der Waals surface area contributed by atoms with Crippen LogP contribution >= 0.6 is 11.9 Å². The molecule has 0 saturated carbocycles. The summed E-state index contributed by atoms with van der Waals surface area (Å²) in [7, 11) is 1.78. The van der Waals surface area contributed by atoms with E-state index >= 15 is 0 Å². The summed E-state index contributed by atoms with van der Waals surface area (Å²) in [6.45, 7) is 3.90. The summed E-state index contributed by atoms with van der Waals surface area (Å²) in [6.07, 6.45) is 1.78. The van der Waals surface area contributed by atoms with Gasteiger partial charge in [0.05, 0.1) is 17.5 Å². The highest BCUT2D eigenvalue weighted by molar-refractivity contribution is 8.12. The molecule has 0 N–H and O–H groups in total. The number of carbonyl (C=O) groups is 1. The maximum absolute atomic E-state index is 11.0. The first kappa shape index (κ1) is 7.60. The first-order valence-corrected chi connectivity index (χ1v) is 3.81. The van der Waals surface area contributed by atoms with Crippen LogP contribution in [-0.4, -0.2) is 28.9 Å². The van der Waals surface area contributed by atoms with Gasteiger partial charge in [-0.2, -0.15) is 0 Å². The fourth-order valence-corrected chi connectivity index (χ4v) is 1.34. The normalized spacial score (nSPS) is 23.5. The molecular weight excluding hydrogens is 148 g/mol. The van der Waals surface area contributed by atoms with Crippen molar-refractivity contribution in [2.24, 2.45) is 4.40 Å². The van der Waals surface area contributed by atoms with E-state index in [1.165, 1.54) is 0 Å². The quantitative estimate of drug-likeness (QED) is 0.501. The van der Waals surface area contributed by atoms with Crippen molar-refractivity contribution in [3.63, 3.8) is 0 Å². The van der Waals surface area contributed by atoms with Crippen molar-refractivity contribution in [1.29, 1.82) is 0 Å². The van der Waals surface area contributed by atoms with Gasteiger partial charge in [-0.3, -0.25) is 4.79 Å². The van der Waals surface area contributed by atoms with Crippen LogP contribution in [0.3, 0.4) is 0 Å². The topological polar surface area (TPSA) is 32.7 Å². The predicted molar refractivity (Wildman–Crippen MR) is 43.3 cm³/mol. The lowest BCUT2D eigenvalue weighted by molar-refractivity contribution is 0.209. The Morgan fingerprint density at radius 3 is 2.70 bits per heavy atom. The lowest BCUT2D eigenvalue weighted by Crippen LogP contribution is -2.46. The summed E-state index contributed by atoms with van der Waals surface area (Å²) >= 11 is 0.985. The van der Waals surface area contributed by atoms with Crippen molar-refractivity contribution in [3.05, 3.63) is 0 Å². The van der Waals surface area contributed by atoms with Crippen molar-refractivity contribution >= 4 is 23.4 Å². The molecule has 0 bridgehead atoms. The van der Waals surface area contributed by atoms with Gasteiger partial charge in [-0.1, -0.05) is 0 Å². The fraction of sp³-hybridized carbons (Fsp3) is 0.667. The van der Waals surface area contributed by atoms with E-state index in [1.807, 2.05) is 13.8 Å². The molecule has 1 rings (SSSR count). The Bertz CT molecular complexity index is 188. The van der Waals surface area contributed by atoms with Crippen LogP contribution in [0.1, 0.15) is 13.8 Å².